The van der Waals surface area contributed by atoms with Gasteiger partial charge in [0.05, 0.1) is 5.52 Å². The van der Waals surface area contributed by atoms with Gasteiger partial charge in [-0.2, -0.15) is 4.37 Å². The second-order valence-electron chi connectivity index (χ2n) is 5.60. The highest BCUT2D eigenvalue weighted by molar-refractivity contribution is 7.11. The Kier molecular flexibility index (Phi) is 3.88. The number of aliphatic hydroxyl groups excluding tert-OH is 1. The Morgan fingerprint density at radius 3 is 2.72 bits per heavy atom. The van der Waals surface area contributed by atoms with Gasteiger partial charge in [0, 0.05) is 18.0 Å². The first-order valence-corrected chi connectivity index (χ1v) is 7.01. The number of aliphatic hydroxyl groups is 1. The van der Waals surface area contributed by atoms with Crippen molar-refractivity contribution in [2.24, 2.45) is 5.41 Å². The van der Waals surface area contributed by atoms with Crippen LogP contribution in [-0.4, -0.2) is 22.1 Å². The Labute approximate surface area is 112 Å². The van der Waals surface area contributed by atoms with Crippen LogP contribution in [0.25, 0.3) is 10.9 Å². The van der Waals surface area contributed by atoms with Crippen LogP contribution in [-0.2, 0) is 0 Å². The Morgan fingerprint density at radius 2 is 2.06 bits per heavy atom. The molecule has 0 aliphatic heterocycles. The van der Waals surface area contributed by atoms with E-state index in [-0.39, 0.29) is 18.1 Å². The molecule has 1 heterocycles. The van der Waals surface area contributed by atoms with E-state index in [9.17, 15) is 5.11 Å². The highest BCUT2D eigenvalue weighted by Gasteiger charge is 2.25. The monoisotopic (exact) mass is 264 g/mol. The molecule has 2 N–H and O–H groups in total. The summed E-state index contributed by atoms with van der Waals surface area (Å²) >= 11 is 1.49. The maximum atomic E-state index is 9.19. The van der Waals surface area contributed by atoms with Crippen LogP contribution >= 0.6 is 11.5 Å². The van der Waals surface area contributed by atoms with Gasteiger partial charge in [-0.25, -0.2) is 0 Å². The molecule has 1 atom stereocenters. The standard InChI is InChI=1S/C14H20N2OS/c1-14(2,3)12(8-9-17)15-13-10-6-4-5-7-11(10)16-18-13/h4-7,12,15,17H,8-9H2,1-3H3. The number of benzene rings is 1. The van der Waals surface area contributed by atoms with E-state index in [1.54, 1.807) is 0 Å². The molecule has 0 spiro atoms. The quantitative estimate of drug-likeness (QED) is 0.888. The molecule has 0 aliphatic rings. The maximum absolute atomic E-state index is 9.19. The molecular weight excluding hydrogens is 244 g/mol. The molecule has 0 radical (unpaired) electrons. The summed E-state index contributed by atoms with van der Waals surface area (Å²) < 4.78 is 4.43. The van der Waals surface area contributed by atoms with Gasteiger partial charge in [0.25, 0.3) is 0 Å². The zero-order valence-electron chi connectivity index (χ0n) is 11.1. The van der Waals surface area contributed by atoms with Gasteiger partial charge in [-0.1, -0.05) is 32.9 Å². The second-order valence-corrected chi connectivity index (χ2v) is 6.38. The van der Waals surface area contributed by atoms with Crippen molar-refractivity contribution in [2.45, 2.75) is 33.2 Å². The molecule has 0 fully saturated rings. The third-order valence-corrected chi connectivity index (χ3v) is 3.96. The van der Waals surface area contributed by atoms with Crippen molar-refractivity contribution in [3.8, 4) is 0 Å². The Balaban J connectivity index is 2.26. The Hall–Kier alpha value is -1.13. The van der Waals surface area contributed by atoms with Crippen molar-refractivity contribution >= 4 is 27.4 Å². The number of hydrogen-bond donors (Lipinski definition) is 2. The maximum Gasteiger partial charge on any atom is 0.117 e. The number of rotatable bonds is 4. The predicted octanol–water partition coefficient (Wildman–Crippen LogP) is 3.51. The first-order chi connectivity index (χ1) is 8.52. The Morgan fingerprint density at radius 1 is 1.33 bits per heavy atom. The van der Waals surface area contributed by atoms with Gasteiger partial charge in [-0.05, 0) is 35.5 Å². The molecule has 0 bridgehead atoms. The van der Waals surface area contributed by atoms with E-state index < -0.39 is 0 Å². The molecule has 4 heteroatoms. The Bertz CT molecular complexity index is 516. The zero-order chi connectivity index (χ0) is 13.2. The van der Waals surface area contributed by atoms with Crippen molar-refractivity contribution in [2.75, 3.05) is 11.9 Å². The van der Waals surface area contributed by atoms with Crippen LogP contribution in [0.2, 0.25) is 0 Å². The van der Waals surface area contributed by atoms with Crippen LogP contribution in [0, 0.1) is 5.41 Å². The molecular formula is C14H20N2OS. The molecule has 18 heavy (non-hydrogen) atoms. The molecule has 1 unspecified atom stereocenters. The first-order valence-electron chi connectivity index (χ1n) is 6.24. The van der Waals surface area contributed by atoms with Crippen LogP contribution in [0.15, 0.2) is 24.3 Å². The van der Waals surface area contributed by atoms with Gasteiger partial charge in [0.2, 0.25) is 0 Å². The highest BCUT2D eigenvalue weighted by Crippen LogP contribution is 2.32. The summed E-state index contributed by atoms with van der Waals surface area (Å²) in [7, 11) is 0. The summed E-state index contributed by atoms with van der Waals surface area (Å²) in [5, 5.41) is 15.0. The number of fused-ring (bicyclic) bond motifs is 1. The van der Waals surface area contributed by atoms with E-state index in [0.29, 0.717) is 0 Å². The minimum absolute atomic E-state index is 0.105. The van der Waals surface area contributed by atoms with Crippen molar-refractivity contribution in [3.63, 3.8) is 0 Å². The van der Waals surface area contributed by atoms with Gasteiger partial charge < -0.3 is 10.4 Å². The van der Waals surface area contributed by atoms with E-state index in [4.69, 9.17) is 0 Å². The van der Waals surface area contributed by atoms with Gasteiger partial charge >= 0.3 is 0 Å². The fourth-order valence-corrected chi connectivity index (χ4v) is 2.82. The van der Waals surface area contributed by atoms with Gasteiger partial charge in [0.15, 0.2) is 0 Å². The van der Waals surface area contributed by atoms with Crippen LogP contribution < -0.4 is 5.32 Å². The molecule has 2 rings (SSSR count). The number of hydrogen-bond acceptors (Lipinski definition) is 4. The van der Waals surface area contributed by atoms with Gasteiger partial charge in [-0.3, -0.25) is 0 Å². The van der Waals surface area contributed by atoms with Crippen molar-refractivity contribution < 1.29 is 5.11 Å². The first kappa shape index (κ1) is 13.3. The van der Waals surface area contributed by atoms with E-state index in [0.717, 1.165) is 22.3 Å². The van der Waals surface area contributed by atoms with Crippen LogP contribution in [0.1, 0.15) is 27.2 Å². The topological polar surface area (TPSA) is 45.1 Å². The fraction of sp³-hybridized carbons (Fsp3) is 0.500. The molecule has 0 saturated heterocycles. The number of anilines is 1. The molecule has 98 valence electrons. The summed E-state index contributed by atoms with van der Waals surface area (Å²) in [6.07, 6.45) is 0.746. The average molecular weight is 264 g/mol. The average Bonchev–Trinajstić information content (AvgIpc) is 2.71. The normalized spacial score (nSPS) is 13.8. The summed E-state index contributed by atoms with van der Waals surface area (Å²) in [6.45, 7) is 6.75. The van der Waals surface area contributed by atoms with E-state index >= 15 is 0 Å². The van der Waals surface area contributed by atoms with Crippen LogP contribution in [0.5, 0.6) is 0 Å². The van der Waals surface area contributed by atoms with Crippen LogP contribution in [0.3, 0.4) is 0 Å². The second kappa shape index (κ2) is 5.24. The van der Waals surface area contributed by atoms with Gasteiger partial charge in [0.1, 0.15) is 5.00 Å². The number of aromatic nitrogens is 1. The fourth-order valence-electron chi connectivity index (χ4n) is 2.00. The third kappa shape index (κ3) is 2.82. The number of nitrogens with zero attached hydrogens (tertiary/aromatic N) is 1. The molecule has 1 aromatic heterocycles. The lowest BCUT2D eigenvalue weighted by Gasteiger charge is -2.31. The molecule has 2 aromatic rings. The summed E-state index contributed by atoms with van der Waals surface area (Å²) in [5.41, 5.74) is 1.13. The smallest absolute Gasteiger partial charge is 0.117 e. The molecule has 1 aromatic carbocycles. The highest BCUT2D eigenvalue weighted by atomic mass is 32.1. The zero-order valence-corrected chi connectivity index (χ0v) is 11.9. The van der Waals surface area contributed by atoms with Crippen molar-refractivity contribution in [3.05, 3.63) is 24.3 Å². The summed E-state index contributed by atoms with van der Waals surface area (Å²) in [4.78, 5) is 0. The van der Waals surface area contributed by atoms with Gasteiger partial charge in [-0.15, -0.1) is 0 Å². The molecule has 3 nitrogen and oxygen atoms in total. The largest absolute Gasteiger partial charge is 0.396 e. The molecule has 0 amide bonds. The lowest BCUT2D eigenvalue weighted by molar-refractivity contribution is 0.235. The summed E-state index contributed by atoms with van der Waals surface area (Å²) in [5.74, 6) is 0. The SMILES string of the molecule is CC(C)(C)C(CCO)Nc1snc2ccccc12. The van der Waals surface area contributed by atoms with E-state index in [1.807, 2.05) is 18.2 Å². The van der Waals surface area contributed by atoms with Crippen molar-refractivity contribution in [1.82, 2.24) is 4.37 Å². The van der Waals surface area contributed by atoms with Crippen LogP contribution in [0.4, 0.5) is 5.00 Å². The lowest BCUT2D eigenvalue weighted by atomic mass is 9.85. The van der Waals surface area contributed by atoms with E-state index in [1.165, 1.54) is 11.5 Å². The predicted molar refractivity (Wildman–Crippen MR) is 78.2 cm³/mol. The molecule has 0 aliphatic carbocycles. The van der Waals surface area contributed by atoms with E-state index in [2.05, 4.69) is 36.5 Å². The third-order valence-electron chi connectivity index (χ3n) is 3.15. The van der Waals surface area contributed by atoms with Crippen molar-refractivity contribution in [1.29, 1.82) is 0 Å². The summed E-state index contributed by atoms with van der Waals surface area (Å²) in [6, 6.07) is 8.38. The molecule has 0 saturated carbocycles. The lowest BCUT2D eigenvalue weighted by Crippen LogP contribution is -2.34. The minimum atomic E-state index is 0.105. The minimum Gasteiger partial charge on any atom is -0.396 e. The number of nitrogens with one attached hydrogen (secondary N) is 1.